The fourth-order valence-electron chi connectivity index (χ4n) is 9.58. The monoisotopic (exact) mass is 734 g/mol. The molecule has 2 nitrogen and oxygen atoms in total. The molecule has 2 unspecified atom stereocenters. The third-order valence-corrected chi connectivity index (χ3v) is 12.6. The van der Waals surface area contributed by atoms with Crippen LogP contribution in [0.5, 0.6) is 0 Å². The molecule has 0 bridgehead atoms. The van der Waals surface area contributed by atoms with Crippen molar-refractivity contribution >= 4 is 44.7 Å². The minimum absolute atomic E-state index is 0.308. The van der Waals surface area contributed by atoms with Gasteiger partial charge in [-0.1, -0.05) is 159 Å². The van der Waals surface area contributed by atoms with E-state index in [0.29, 0.717) is 11.8 Å². The molecule has 2 heteroatoms. The number of hydrogen-bond donors (Lipinski definition) is 0. The summed E-state index contributed by atoms with van der Waals surface area (Å²) in [4.78, 5) is 10.1. The molecule has 2 heterocycles. The number of rotatable bonds is 6. The maximum absolute atomic E-state index is 5.30. The lowest BCUT2D eigenvalue weighted by molar-refractivity contribution is 0.594. The summed E-state index contributed by atoms with van der Waals surface area (Å²) in [6, 6.07) is 47.4. The first-order chi connectivity index (χ1) is 28.1. The van der Waals surface area contributed by atoms with E-state index in [2.05, 4.69) is 172 Å². The summed E-state index contributed by atoms with van der Waals surface area (Å²) >= 11 is 0. The Morgan fingerprint density at radius 2 is 1.44 bits per heavy atom. The zero-order chi connectivity index (χ0) is 38.5. The van der Waals surface area contributed by atoms with Crippen LogP contribution < -0.4 is 0 Å². The number of pyridine rings is 2. The molecule has 0 spiro atoms. The summed E-state index contributed by atoms with van der Waals surface area (Å²) in [5.41, 5.74) is 19.0. The second kappa shape index (κ2) is 14.6. The number of hydrogen-bond acceptors (Lipinski definition) is 2. The average molecular weight is 735 g/mol. The minimum atomic E-state index is 0.308. The van der Waals surface area contributed by atoms with Gasteiger partial charge < -0.3 is 0 Å². The molecule has 2 aliphatic rings. The van der Waals surface area contributed by atoms with E-state index in [4.69, 9.17) is 9.97 Å². The van der Waals surface area contributed by atoms with E-state index in [0.717, 1.165) is 47.8 Å². The molecule has 8 aromatic rings. The predicted octanol–water partition coefficient (Wildman–Crippen LogP) is 14.7. The van der Waals surface area contributed by atoms with E-state index in [-0.39, 0.29) is 0 Å². The molecule has 57 heavy (non-hydrogen) atoms. The second-order valence-corrected chi connectivity index (χ2v) is 15.9. The highest BCUT2D eigenvalue weighted by Gasteiger charge is 2.27. The quantitative estimate of drug-likeness (QED) is 0.159. The third-order valence-electron chi connectivity index (χ3n) is 12.6. The first-order valence-electron chi connectivity index (χ1n) is 20.7. The molecular weight excluding hydrogens is 689 g/mol. The van der Waals surface area contributed by atoms with Crippen LogP contribution in [-0.2, 0) is 12.8 Å². The van der Waals surface area contributed by atoms with Gasteiger partial charge in [0.15, 0.2) is 0 Å². The van der Waals surface area contributed by atoms with Crippen LogP contribution in [0.25, 0.3) is 78.2 Å². The van der Waals surface area contributed by atoms with Crippen LogP contribution >= 0.6 is 0 Å². The summed E-state index contributed by atoms with van der Waals surface area (Å²) in [7, 11) is 0. The molecule has 10 rings (SSSR count). The largest absolute Gasteiger partial charge is 0.256 e. The Morgan fingerprint density at radius 3 is 2.32 bits per heavy atom. The van der Waals surface area contributed by atoms with Crippen molar-refractivity contribution in [3.8, 4) is 33.5 Å². The van der Waals surface area contributed by atoms with Crippen LogP contribution in [0, 0.1) is 0 Å². The lowest BCUT2D eigenvalue weighted by Gasteiger charge is -2.30. The molecule has 0 amide bonds. The van der Waals surface area contributed by atoms with Crippen molar-refractivity contribution in [1.82, 2.24) is 9.97 Å². The van der Waals surface area contributed by atoms with E-state index in [1.54, 1.807) is 0 Å². The molecule has 0 N–H and O–H groups in total. The Hall–Kier alpha value is -6.38. The molecule has 2 aliphatic carbocycles. The minimum Gasteiger partial charge on any atom is -0.256 e. The van der Waals surface area contributed by atoms with Crippen LogP contribution in [0.3, 0.4) is 0 Å². The lowest BCUT2D eigenvalue weighted by Crippen LogP contribution is -2.13. The molecular formula is C55H46N2. The van der Waals surface area contributed by atoms with Gasteiger partial charge in [-0.15, -0.1) is 0 Å². The van der Waals surface area contributed by atoms with Crippen LogP contribution in [0.2, 0.25) is 0 Å². The molecule has 0 fully saturated rings. The van der Waals surface area contributed by atoms with Gasteiger partial charge in [-0.05, 0) is 118 Å². The van der Waals surface area contributed by atoms with Gasteiger partial charge in [-0.25, -0.2) is 4.98 Å². The van der Waals surface area contributed by atoms with E-state index in [9.17, 15) is 0 Å². The van der Waals surface area contributed by atoms with Crippen molar-refractivity contribution in [3.05, 3.63) is 191 Å². The Balaban J connectivity index is 0.961. The summed E-state index contributed by atoms with van der Waals surface area (Å²) < 4.78 is 0. The Kier molecular flexibility index (Phi) is 8.98. The standard InChI is InChI=1S/C55H46N2/c1-4-45-47(37-15-17-38(18-16-37)48-30-26-41-21-22-42-12-8-32-56-55(42)54(41)46(48)5-2)29-25-39-19-23-43(33-51(39)45)44-24-20-40-27-31-52(57-53(40)34-44)50-13-7-11-36-10-6-9-35(3)14-28-49(36)50/h6-13,15-27,29-34,45,47H,4-5,14,28H2,1-3H3/b10-6-,35-9-. The molecule has 0 aliphatic heterocycles. The van der Waals surface area contributed by atoms with Gasteiger partial charge in [0.1, 0.15) is 0 Å². The molecule has 0 saturated carbocycles. The summed E-state index contributed by atoms with van der Waals surface area (Å²) in [6.07, 6.45) is 17.4. The Morgan fingerprint density at radius 1 is 0.649 bits per heavy atom. The average Bonchev–Trinajstić information content (AvgIpc) is 3.26. The van der Waals surface area contributed by atoms with Gasteiger partial charge in [0.2, 0.25) is 0 Å². The predicted molar refractivity (Wildman–Crippen MR) is 243 cm³/mol. The highest BCUT2D eigenvalue weighted by molar-refractivity contribution is 6.09. The fourth-order valence-corrected chi connectivity index (χ4v) is 9.58. The molecule has 2 atom stereocenters. The van der Waals surface area contributed by atoms with Gasteiger partial charge in [0.05, 0.1) is 16.7 Å². The highest BCUT2D eigenvalue weighted by atomic mass is 14.7. The molecule has 2 aromatic heterocycles. The van der Waals surface area contributed by atoms with Gasteiger partial charge in [-0.2, -0.15) is 0 Å². The third kappa shape index (κ3) is 6.30. The number of fused-ring (bicyclic) bond motifs is 6. The van der Waals surface area contributed by atoms with Crippen LogP contribution in [0.15, 0.2) is 157 Å². The van der Waals surface area contributed by atoms with Crippen LogP contribution in [0.1, 0.15) is 78.8 Å². The Bertz CT molecular complexity index is 2940. The highest BCUT2D eigenvalue weighted by Crippen LogP contribution is 2.45. The first kappa shape index (κ1) is 35.1. The number of nitrogens with zero attached hydrogens (tertiary/aromatic N) is 2. The first-order valence-corrected chi connectivity index (χ1v) is 20.7. The van der Waals surface area contributed by atoms with Gasteiger partial charge in [0, 0.05) is 33.8 Å². The van der Waals surface area contributed by atoms with E-state index in [1.165, 1.54) is 82.9 Å². The SMILES string of the molecule is CCc1c(-c2ccc(C3C=Cc4ccc(-c5ccc6ccc(-c7cccc8c7CC/C(C)=C\C=C/8)nc6c5)cc4C3CC)cc2)ccc2ccc3cccnc3c12. The van der Waals surface area contributed by atoms with Crippen molar-refractivity contribution in [1.29, 1.82) is 0 Å². The number of benzene rings is 6. The van der Waals surface area contributed by atoms with Gasteiger partial charge >= 0.3 is 0 Å². The van der Waals surface area contributed by atoms with Gasteiger partial charge in [0.25, 0.3) is 0 Å². The molecule has 0 saturated heterocycles. The summed E-state index contributed by atoms with van der Waals surface area (Å²) in [6.45, 7) is 6.82. The zero-order valence-electron chi connectivity index (χ0n) is 33.0. The van der Waals surface area contributed by atoms with E-state index >= 15 is 0 Å². The van der Waals surface area contributed by atoms with Crippen molar-refractivity contribution < 1.29 is 0 Å². The van der Waals surface area contributed by atoms with Crippen LogP contribution in [-0.4, -0.2) is 9.97 Å². The van der Waals surface area contributed by atoms with E-state index in [1.807, 2.05) is 12.3 Å². The topological polar surface area (TPSA) is 25.8 Å². The summed E-state index contributed by atoms with van der Waals surface area (Å²) in [5.74, 6) is 0.692. The van der Waals surface area contributed by atoms with Crippen molar-refractivity contribution in [2.75, 3.05) is 0 Å². The molecule has 276 valence electrons. The second-order valence-electron chi connectivity index (χ2n) is 15.9. The lowest BCUT2D eigenvalue weighted by atomic mass is 9.74. The van der Waals surface area contributed by atoms with Crippen molar-refractivity contribution in [3.63, 3.8) is 0 Å². The zero-order valence-corrected chi connectivity index (χ0v) is 33.0. The maximum Gasteiger partial charge on any atom is 0.0783 e. The summed E-state index contributed by atoms with van der Waals surface area (Å²) in [5, 5.41) is 4.88. The maximum atomic E-state index is 5.30. The number of aryl methyl sites for hydroxylation is 1. The smallest absolute Gasteiger partial charge is 0.0783 e. The molecule has 6 aromatic carbocycles. The van der Waals surface area contributed by atoms with E-state index < -0.39 is 0 Å². The molecule has 0 radical (unpaired) electrons. The van der Waals surface area contributed by atoms with Crippen molar-refractivity contribution in [2.24, 2.45) is 0 Å². The Labute approximate surface area is 336 Å². The normalized spacial score (nSPS) is 17.8. The van der Waals surface area contributed by atoms with Crippen molar-refractivity contribution in [2.45, 2.75) is 58.3 Å². The van der Waals surface area contributed by atoms with Gasteiger partial charge in [-0.3, -0.25) is 4.98 Å². The number of allylic oxidation sites excluding steroid dienone is 4. The van der Waals surface area contributed by atoms with Crippen LogP contribution in [0.4, 0.5) is 0 Å². The fraction of sp³-hybridized carbons (Fsp3) is 0.164. The number of aromatic nitrogens is 2.